The average molecular weight is 276 g/mol. The monoisotopic (exact) mass is 276 g/mol. The Morgan fingerprint density at radius 2 is 1.95 bits per heavy atom. The van der Waals surface area contributed by atoms with Crippen molar-refractivity contribution in [2.45, 2.75) is 39.7 Å². The minimum absolute atomic E-state index is 0.0105. The van der Waals surface area contributed by atoms with Crippen LogP contribution < -0.4 is 0 Å². The quantitative estimate of drug-likeness (QED) is 0.900. The molecule has 20 heavy (non-hydrogen) atoms. The van der Waals surface area contributed by atoms with Crippen molar-refractivity contribution in [3.05, 3.63) is 29.6 Å². The molecular weight excluding hydrogens is 256 g/mol. The third-order valence-electron chi connectivity index (χ3n) is 3.70. The molecule has 0 aromatic carbocycles. The second-order valence-electron chi connectivity index (χ2n) is 6.24. The lowest BCUT2D eigenvalue weighted by molar-refractivity contribution is 0.0619. The number of nitrogens with zero attached hydrogens (tertiary/aromatic N) is 2. The van der Waals surface area contributed by atoms with Gasteiger partial charge in [-0.25, -0.2) is 9.78 Å². The third-order valence-corrected chi connectivity index (χ3v) is 3.70. The Balaban J connectivity index is 2.27. The van der Waals surface area contributed by atoms with E-state index in [1.54, 1.807) is 12.1 Å². The van der Waals surface area contributed by atoms with Crippen LogP contribution in [0.25, 0.3) is 0 Å². The summed E-state index contributed by atoms with van der Waals surface area (Å²) >= 11 is 0. The van der Waals surface area contributed by atoms with Gasteiger partial charge in [0.05, 0.1) is 0 Å². The van der Waals surface area contributed by atoms with Gasteiger partial charge < -0.3 is 10.0 Å². The van der Waals surface area contributed by atoms with Crippen LogP contribution in [0.15, 0.2) is 18.2 Å². The molecule has 1 aromatic rings. The highest BCUT2D eigenvalue weighted by Gasteiger charge is 2.37. The van der Waals surface area contributed by atoms with Crippen LogP contribution in [0.1, 0.15) is 54.6 Å². The van der Waals surface area contributed by atoms with Crippen LogP contribution >= 0.6 is 0 Å². The predicted octanol–water partition coefficient (Wildman–Crippen LogP) is 2.43. The molecule has 2 heterocycles. The van der Waals surface area contributed by atoms with Crippen LogP contribution in [-0.2, 0) is 0 Å². The second-order valence-corrected chi connectivity index (χ2v) is 6.24. The van der Waals surface area contributed by atoms with E-state index in [2.05, 4.69) is 25.8 Å². The number of carbonyl (C=O) groups excluding carboxylic acids is 1. The molecule has 1 fully saturated rings. The average Bonchev–Trinajstić information content (AvgIpc) is 2.87. The van der Waals surface area contributed by atoms with E-state index >= 15 is 0 Å². The molecule has 2 rings (SSSR count). The van der Waals surface area contributed by atoms with Gasteiger partial charge in [0.15, 0.2) is 0 Å². The van der Waals surface area contributed by atoms with Crippen molar-refractivity contribution in [3.63, 3.8) is 0 Å². The number of carboxylic acids is 1. The molecule has 1 unspecified atom stereocenters. The summed E-state index contributed by atoms with van der Waals surface area (Å²) in [6, 6.07) is 4.70. The van der Waals surface area contributed by atoms with Crippen LogP contribution in [0.2, 0.25) is 0 Å². The number of pyridine rings is 1. The first-order chi connectivity index (χ1) is 9.30. The molecule has 1 aromatic heterocycles. The van der Waals surface area contributed by atoms with Gasteiger partial charge in [0.2, 0.25) is 0 Å². The number of carboxylic acid groups (broad SMARTS) is 1. The number of amides is 1. The lowest BCUT2D eigenvalue weighted by atomic mass is 9.85. The molecule has 1 atom stereocenters. The number of rotatable bonds is 2. The molecule has 0 bridgehead atoms. The summed E-state index contributed by atoms with van der Waals surface area (Å²) < 4.78 is 0. The Labute approximate surface area is 118 Å². The lowest BCUT2D eigenvalue weighted by Gasteiger charge is -2.34. The first-order valence-corrected chi connectivity index (χ1v) is 6.82. The van der Waals surface area contributed by atoms with Crippen molar-refractivity contribution in [2.75, 3.05) is 6.54 Å². The molecule has 0 radical (unpaired) electrons. The summed E-state index contributed by atoms with van der Waals surface area (Å²) in [6.07, 6.45) is 1.96. The van der Waals surface area contributed by atoms with Crippen LogP contribution in [-0.4, -0.2) is 39.5 Å². The number of carbonyl (C=O) groups is 2. The summed E-state index contributed by atoms with van der Waals surface area (Å²) in [5.41, 5.74) is 0.125. The van der Waals surface area contributed by atoms with Gasteiger partial charge in [0.1, 0.15) is 11.4 Å². The summed E-state index contributed by atoms with van der Waals surface area (Å²) in [7, 11) is 0. The first-order valence-electron chi connectivity index (χ1n) is 6.82. The topological polar surface area (TPSA) is 70.5 Å². The smallest absolute Gasteiger partial charge is 0.354 e. The second kappa shape index (κ2) is 5.23. The minimum Gasteiger partial charge on any atom is -0.477 e. The minimum atomic E-state index is -1.12. The molecule has 1 N–H and O–H groups in total. The van der Waals surface area contributed by atoms with Crippen LogP contribution in [0.5, 0.6) is 0 Å². The molecule has 0 saturated carbocycles. The number of hydrogen-bond donors (Lipinski definition) is 1. The highest BCUT2D eigenvalue weighted by Crippen LogP contribution is 2.33. The molecule has 0 spiro atoms. The van der Waals surface area contributed by atoms with Crippen molar-refractivity contribution >= 4 is 11.9 Å². The zero-order valence-electron chi connectivity index (χ0n) is 12.1. The number of likely N-dealkylation sites (tertiary alicyclic amines) is 1. The number of hydrogen-bond acceptors (Lipinski definition) is 3. The lowest BCUT2D eigenvalue weighted by Crippen LogP contribution is -2.43. The van der Waals surface area contributed by atoms with Crippen molar-refractivity contribution in [3.8, 4) is 0 Å². The Morgan fingerprint density at radius 1 is 1.30 bits per heavy atom. The SMILES string of the molecule is CC(C)(C)C1CCCN1C(=O)c1cccc(C(=O)O)n1. The molecule has 1 aliphatic rings. The summed E-state index contributed by atoms with van der Waals surface area (Å²) in [5, 5.41) is 8.95. The number of aromatic carboxylic acids is 1. The Bertz CT molecular complexity index is 534. The molecular formula is C15H20N2O3. The van der Waals surface area contributed by atoms with E-state index in [0.717, 1.165) is 12.8 Å². The molecule has 1 saturated heterocycles. The summed E-state index contributed by atoms with van der Waals surface area (Å²) in [6.45, 7) is 7.05. The van der Waals surface area contributed by atoms with Crippen LogP contribution in [0.4, 0.5) is 0 Å². The van der Waals surface area contributed by atoms with Gasteiger partial charge in [0, 0.05) is 12.6 Å². The Hall–Kier alpha value is -1.91. The van der Waals surface area contributed by atoms with E-state index in [9.17, 15) is 9.59 Å². The van der Waals surface area contributed by atoms with E-state index < -0.39 is 5.97 Å². The zero-order chi connectivity index (χ0) is 14.9. The van der Waals surface area contributed by atoms with Crippen molar-refractivity contribution < 1.29 is 14.7 Å². The standard InChI is InChI=1S/C15H20N2O3/c1-15(2,3)12-8-5-9-17(12)13(18)10-6-4-7-11(16-10)14(19)20/h4,6-7,12H,5,8-9H2,1-3H3,(H,19,20). The molecule has 0 aliphatic carbocycles. The highest BCUT2D eigenvalue weighted by atomic mass is 16.4. The van der Waals surface area contributed by atoms with Gasteiger partial charge in [-0.15, -0.1) is 0 Å². The maximum Gasteiger partial charge on any atom is 0.354 e. The van der Waals surface area contributed by atoms with Gasteiger partial charge in [-0.1, -0.05) is 26.8 Å². The molecule has 108 valence electrons. The van der Waals surface area contributed by atoms with Gasteiger partial charge in [-0.05, 0) is 30.4 Å². The van der Waals surface area contributed by atoms with E-state index in [-0.39, 0.29) is 28.8 Å². The van der Waals surface area contributed by atoms with E-state index in [0.29, 0.717) is 6.54 Å². The summed E-state index contributed by atoms with van der Waals surface area (Å²) in [5.74, 6) is -1.29. The Kier molecular flexibility index (Phi) is 3.79. The maximum atomic E-state index is 12.5. The fraction of sp³-hybridized carbons (Fsp3) is 0.533. The van der Waals surface area contributed by atoms with Crippen molar-refractivity contribution in [1.29, 1.82) is 0 Å². The fourth-order valence-corrected chi connectivity index (χ4v) is 2.73. The van der Waals surface area contributed by atoms with Gasteiger partial charge in [-0.3, -0.25) is 4.79 Å². The predicted molar refractivity (Wildman–Crippen MR) is 74.7 cm³/mol. The van der Waals surface area contributed by atoms with E-state index in [1.165, 1.54) is 6.07 Å². The molecule has 1 amide bonds. The number of aromatic nitrogens is 1. The van der Waals surface area contributed by atoms with Crippen molar-refractivity contribution in [1.82, 2.24) is 9.88 Å². The fourth-order valence-electron chi connectivity index (χ4n) is 2.73. The zero-order valence-corrected chi connectivity index (χ0v) is 12.1. The third kappa shape index (κ3) is 2.81. The van der Waals surface area contributed by atoms with Gasteiger partial charge in [-0.2, -0.15) is 0 Å². The highest BCUT2D eigenvalue weighted by molar-refractivity contribution is 5.94. The first kappa shape index (κ1) is 14.5. The summed E-state index contributed by atoms with van der Waals surface area (Å²) in [4.78, 5) is 29.3. The van der Waals surface area contributed by atoms with Gasteiger partial charge in [0.25, 0.3) is 5.91 Å². The Morgan fingerprint density at radius 3 is 2.55 bits per heavy atom. The van der Waals surface area contributed by atoms with Crippen LogP contribution in [0, 0.1) is 5.41 Å². The maximum absolute atomic E-state index is 12.5. The largest absolute Gasteiger partial charge is 0.477 e. The molecule has 1 aliphatic heterocycles. The molecule has 5 nitrogen and oxygen atoms in total. The van der Waals surface area contributed by atoms with Crippen LogP contribution in [0.3, 0.4) is 0 Å². The van der Waals surface area contributed by atoms with E-state index in [4.69, 9.17) is 5.11 Å². The van der Waals surface area contributed by atoms with Gasteiger partial charge >= 0.3 is 5.97 Å². The van der Waals surface area contributed by atoms with Crippen molar-refractivity contribution in [2.24, 2.45) is 5.41 Å². The normalized spacial score (nSPS) is 19.1. The molecule has 5 heteroatoms. The van der Waals surface area contributed by atoms with E-state index in [1.807, 2.05) is 4.90 Å².